The number of hydrogen-bond acceptors (Lipinski definition) is 8. The largest absolute Gasteiger partial charge is 0.460 e. The third kappa shape index (κ3) is 11.5. The summed E-state index contributed by atoms with van der Waals surface area (Å²) in [6.45, 7) is 3.38. The van der Waals surface area contributed by atoms with Crippen molar-refractivity contribution in [3.8, 4) is 0 Å². The van der Waals surface area contributed by atoms with Crippen LogP contribution in [0, 0.1) is 11.8 Å². The van der Waals surface area contributed by atoms with E-state index in [4.69, 9.17) is 9.47 Å². The van der Waals surface area contributed by atoms with Crippen molar-refractivity contribution in [2.75, 3.05) is 7.11 Å². The van der Waals surface area contributed by atoms with E-state index in [1.807, 2.05) is 6.08 Å². The molecule has 1 fully saturated rings. The van der Waals surface area contributed by atoms with E-state index in [2.05, 4.69) is 10.6 Å². The number of hydrogen-bond donors (Lipinski definition) is 3. The smallest absolute Gasteiger partial charge is 0.328 e. The van der Waals surface area contributed by atoms with Crippen LogP contribution in [0.4, 0.5) is 0 Å². The molecule has 244 valence electrons. The Bertz CT molecular complexity index is 1270. The molecule has 3 rings (SSSR count). The van der Waals surface area contributed by atoms with Crippen LogP contribution in [0.3, 0.4) is 0 Å². The van der Waals surface area contributed by atoms with Gasteiger partial charge in [-0.2, -0.15) is 0 Å². The highest BCUT2D eigenvalue weighted by Gasteiger charge is 2.30. The Kier molecular flexibility index (Phi) is 14.4. The average molecular weight is 623 g/mol. The van der Waals surface area contributed by atoms with E-state index in [9.17, 15) is 29.1 Å². The van der Waals surface area contributed by atoms with E-state index < -0.39 is 53.7 Å². The lowest BCUT2D eigenvalue weighted by molar-refractivity contribution is -0.156. The van der Waals surface area contributed by atoms with E-state index in [1.165, 1.54) is 13.2 Å². The van der Waals surface area contributed by atoms with E-state index in [1.54, 1.807) is 56.4 Å². The van der Waals surface area contributed by atoms with Gasteiger partial charge in [-0.25, -0.2) is 4.79 Å². The lowest BCUT2D eigenvalue weighted by Gasteiger charge is -2.28. The van der Waals surface area contributed by atoms with Gasteiger partial charge in [0.2, 0.25) is 17.6 Å². The van der Waals surface area contributed by atoms with Gasteiger partial charge in [0, 0.05) is 37.0 Å². The van der Waals surface area contributed by atoms with Gasteiger partial charge in [0.05, 0.1) is 24.3 Å². The zero-order chi connectivity index (χ0) is 32.8. The van der Waals surface area contributed by atoms with Gasteiger partial charge in [-0.1, -0.05) is 74.8 Å². The molecule has 5 atom stereocenters. The molecule has 10 nitrogen and oxygen atoms in total. The highest BCUT2D eigenvalue weighted by Crippen LogP contribution is 2.24. The molecule has 0 aromatic heterocycles. The van der Waals surface area contributed by atoms with Crippen LogP contribution < -0.4 is 10.6 Å². The fourth-order valence-electron chi connectivity index (χ4n) is 5.41. The summed E-state index contributed by atoms with van der Waals surface area (Å²) in [6.07, 6.45) is 19.6. The second kappa shape index (κ2) is 18.2. The molecule has 3 aliphatic rings. The zero-order valence-electron chi connectivity index (χ0n) is 26.4. The summed E-state index contributed by atoms with van der Waals surface area (Å²) < 4.78 is 11.2. The van der Waals surface area contributed by atoms with E-state index >= 15 is 0 Å². The standard InChI is InChI=1S/C35H46N2O8/c1-23-30(39)18-13-12-16-26-20-27(38)21-29(33(26)41)37-32(40)22-28(44-3)17-10-5-4-6-11-19-31(23)45-35(43)24(2)36-34(42)25-14-8-7-9-15-25/h4-6,10-11,13,17-18,20-21,23-25,28,30-31,39H,7-9,12,14-16,19,22H2,1-3H3,(H,36,42)(H,37,40)/b5-4+,11-6+,17-10+,18-13-/t23?,24-,28?,30?,31?/m1/s1. The molecule has 2 aliphatic carbocycles. The first-order valence-corrected chi connectivity index (χ1v) is 15.8. The van der Waals surface area contributed by atoms with Crippen molar-refractivity contribution in [1.82, 2.24) is 10.6 Å². The Hall–Kier alpha value is -3.89. The summed E-state index contributed by atoms with van der Waals surface area (Å²) >= 11 is 0. The van der Waals surface area contributed by atoms with Gasteiger partial charge in [0.1, 0.15) is 12.1 Å². The summed E-state index contributed by atoms with van der Waals surface area (Å²) in [4.78, 5) is 63.5. The Morgan fingerprint density at radius 1 is 1.00 bits per heavy atom. The first-order chi connectivity index (χ1) is 21.6. The van der Waals surface area contributed by atoms with Gasteiger partial charge in [0.15, 0.2) is 5.78 Å². The predicted molar refractivity (Wildman–Crippen MR) is 169 cm³/mol. The molecule has 4 unspecified atom stereocenters. The number of carbonyl (C=O) groups excluding carboxylic acids is 5. The van der Waals surface area contributed by atoms with Crippen molar-refractivity contribution in [1.29, 1.82) is 0 Å². The van der Waals surface area contributed by atoms with Crippen LogP contribution in [0.2, 0.25) is 0 Å². The maximum atomic E-state index is 13.0. The first kappa shape index (κ1) is 35.6. The predicted octanol–water partition coefficient (Wildman–Crippen LogP) is 3.87. The SMILES string of the molecule is COC1/C=C/C=C/C=C/CC(OC(=O)[C@@H](C)NC(=O)C2CCCCC2)C(C)C(O)/C=C\CCC2=CC(=O)C=C(NC(=O)C1)C2=O. The van der Waals surface area contributed by atoms with Crippen LogP contribution in [0.15, 0.2) is 72.0 Å². The van der Waals surface area contributed by atoms with Gasteiger partial charge in [-0.3, -0.25) is 19.2 Å². The lowest BCUT2D eigenvalue weighted by atomic mass is 9.88. The minimum atomic E-state index is -0.977. The molecule has 1 aliphatic heterocycles. The van der Waals surface area contributed by atoms with Crippen LogP contribution in [-0.2, 0) is 33.4 Å². The quantitative estimate of drug-likeness (QED) is 0.238. The molecule has 3 N–H and O–H groups in total. The Morgan fingerprint density at radius 3 is 2.47 bits per heavy atom. The van der Waals surface area contributed by atoms with Gasteiger partial charge < -0.3 is 25.2 Å². The van der Waals surface area contributed by atoms with Crippen LogP contribution in [0.5, 0.6) is 0 Å². The topological polar surface area (TPSA) is 148 Å². The van der Waals surface area contributed by atoms with E-state index in [0.29, 0.717) is 12.8 Å². The molecule has 1 saturated carbocycles. The molecule has 0 radical (unpaired) electrons. The van der Waals surface area contributed by atoms with Crippen LogP contribution in [-0.4, -0.2) is 65.9 Å². The number of carbonyl (C=O) groups is 5. The van der Waals surface area contributed by atoms with Gasteiger partial charge >= 0.3 is 5.97 Å². The molecule has 0 spiro atoms. The fourth-order valence-corrected chi connectivity index (χ4v) is 5.41. The molecular weight excluding hydrogens is 576 g/mol. The lowest BCUT2D eigenvalue weighted by Crippen LogP contribution is -2.45. The number of rotatable bonds is 5. The third-order valence-electron chi connectivity index (χ3n) is 8.26. The Morgan fingerprint density at radius 2 is 1.73 bits per heavy atom. The van der Waals surface area contributed by atoms with Crippen molar-refractivity contribution in [2.45, 2.75) is 96.0 Å². The summed E-state index contributed by atoms with van der Waals surface area (Å²) in [5, 5.41) is 16.3. The summed E-state index contributed by atoms with van der Waals surface area (Å²) in [5.74, 6) is -2.60. The number of ether oxygens (including phenoxy) is 2. The number of fused-ring (bicyclic) bond motifs is 2. The average Bonchev–Trinajstić information content (AvgIpc) is 3.02. The van der Waals surface area contributed by atoms with Gasteiger partial charge in [-0.05, 0) is 38.7 Å². The molecule has 0 aromatic rings. The van der Waals surface area contributed by atoms with E-state index in [0.717, 1.165) is 38.2 Å². The molecule has 2 bridgehead atoms. The number of aliphatic hydroxyl groups is 1. The van der Waals surface area contributed by atoms with Crippen molar-refractivity contribution in [3.63, 3.8) is 0 Å². The number of ketones is 2. The van der Waals surface area contributed by atoms with Crippen molar-refractivity contribution in [2.24, 2.45) is 11.8 Å². The van der Waals surface area contributed by atoms with Crippen molar-refractivity contribution in [3.05, 3.63) is 72.0 Å². The third-order valence-corrected chi connectivity index (χ3v) is 8.26. The molecule has 10 heteroatoms. The number of esters is 1. The number of aliphatic hydroxyl groups excluding tert-OH is 1. The summed E-state index contributed by atoms with van der Waals surface area (Å²) in [6, 6.07) is -0.837. The number of methoxy groups -OCH3 is 1. The molecule has 2 amide bonds. The Balaban J connectivity index is 1.75. The second-order valence-corrected chi connectivity index (χ2v) is 11.8. The maximum absolute atomic E-state index is 13.0. The van der Waals surface area contributed by atoms with Crippen molar-refractivity contribution < 1.29 is 38.6 Å². The summed E-state index contributed by atoms with van der Waals surface area (Å²) in [5.41, 5.74) is 0.175. The van der Waals surface area contributed by atoms with Crippen molar-refractivity contribution >= 4 is 29.4 Å². The maximum Gasteiger partial charge on any atom is 0.328 e. The normalized spacial score (nSPS) is 29.5. The zero-order valence-corrected chi connectivity index (χ0v) is 26.4. The molecule has 0 saturated heterocycles. The molecule has 1 heterocycles. The fraction of sp³-hybridized carbons (Fsp3) is 0.514. The van der Waals surface area contributed by atoms with Crippen LogP contribution in [0.25, 0.3) is 0 Å². The minimum absolute atomic E-state index is 0.0559. The minimum Gasteiger partial charge on any atom is -0.460 e. The second-order valence-electron chi connectivity index (χ2n) is 11.8. The van der Waals surface area contributed by atoms with Crippen LogP contribution in [0.1, 0.15) is 71.6 Å². The monoisotopic (exact) mass is 622 g/mol. The number of nitrogens with one attached hydrogen (secondary N) is 2. The first-order valence-electron chi connectivity index (χ1n) is 15.8. The Labute approximate surface area is 265 Å². The molecule has 0 aromatic carbocycles. The van der Waals surface area contributed by atoms with Gasteiger partial charge in [-0.15, -0.1) is 0 Å². The van der Waals surface area contributed by atoms with Crippen LogP contribution >= 0.6 is 0 Å². The highest BCUT2D eigenvalue weighted by molar-refractivity contribution is 6.21. The highest BCUT2D eigenvalue weighted by atomic mass is 16.5. The molecule has 45 heavy (non-hydrogen) atoms. The van der Waals surface area contributed by atoms with E-state index in [-0.39, 0.29) is 35.9 Å². The number of Topliss-reactive ketones (excluding diaryl/α,β-unsaturated/α-hetero) is 1. The van der Waals surface area contributed by atoms with Gasteiger partial charge in [0.25, 0.3) is 0 Å². The number of allylic oxidation sites excluding steroid dienone is 8. The number of amides is 2. The molecular formula is C35H46N2O8. The summed E-state index contributed by atoms with van der Waals surface area (Å²) in [7, 11) is 1.47.